The number of amides is 2. The van der Waals surface area contributed by atoms with Gasteiger partial charge in [0.05, 0.1) is 11.7 Å². The van der Waals surface area contributed by atoms with Gasteiger partial charge in [-0.2, -0.15) is 0 Å². The summed E-state index contributed by atoms with van der Waals surface area (Å²) in [6.07, 6.45) is -0.0381. The van der Waals surface area contributed by atoms with Crippen LogP contribution < -0.4 is 10.4 Å². The number of anilines is 1. The molecule has 3 rings (SSSR count). The number of aliphatic imine (C=N–C) groups is 1. The second-order valence-corrected chi connectivity index (χ2v) is 7.98. The molecule has 9 heteroatoms. The molecule has 0 spiro atoms. The average molecular weight is 431 g/mol. The standard InChI is InChI=1S/C20H18ClN3O4S/c1-11-14(21)4-3-5-15(11)23-20-24(2)18(26)16(29-20)10-17(25)22-13-8-6-12(7-9-13)19(27)28/h3-9,16H,10H2,1-2H3,(H,22,25)(H,27,28)/p-1/t16-/m1/s1. The third kappa shape index (κ3) is 4.78. The lowest BCUT2D eigenvalue weighted by Crippen LogP contribution is -2.30. The average Bonchev–Trinajstić information content (AvgIpc) is 2.93. The van der Waals surface area contributed by atoms with Crippen LogP contribution >= 0.6 is 23.4 Å². The van der Waals surface area contributed by atoms with Crippen molar-refractivity contribution in [3.63, 3.8) is 0 Å². The van der Waals surface area contributed by atoms with Gasteiger partial charge in [-0.1, -0.05) is 41.6 Å². The lowest BCUT2D eigenvalue weighted by Gasteiger charge is -2.10. The molecule has 2 aromatic rings. The Morgan fingerprint density at radius 3 is 2.59 bits per heavy atom. The van der Waals surface area contributed by atoms with Gasteiger partial charge in [0.1, 0.15) is 5.25 Å². The van der Waals surface area contributed by atoms with Gasteiger partial charge in [0.15, 0.2) is 5.17 Å². The molecule has 1 fully saturated rings. The number of carboxylic acids is 1. The van der Waals surface area contributed by atoms with Crippen molar-refractivity contribution in [2.45, 2.75) is 18.6 Å². The number of hydrogen-bond donors (Lipinski definition) is 1. The number of benzene rings is 2. The fourth-order valence-electron chi connectivity index (χ4n) is 2.69. The lowest BCUT2D eigenvalue weighted by molar-refractivity contribution is -0.255. The predicted octanol–water partition coefficient (Wildman–Crippen LogP) is 2.60. The molecule has 0 unspecified atom stereocenters. The lowest BCUT2D eigenvalue weighted by atomic mass is 10.2. The van der Waals surface area contributed by atoms with Gasteiger partial charge in [-0.25, -0.2) is 4.99 Å². The summed E-state index contributed by atoms with van der Waals surface area (Å²) in [5, 5.41) is 13.9. The summed E-state index contributed by atoms with van der Waals surface area (Å²) in [6.45, 7) is 1.85. The molecule has 0 saturated carbocycles. The van der Waals surface area contributed by atoms with Crippen LogP contribution in [0.25, 0.3) is 0 Å². The zero-order chi connectivity index (χ0) is 21.1. The number of thioether (sulfide) groups is 1. The van der Waals surface area contributed by atoms with Crippen molar-refractivity contribution in [2.24, 2.45) is 4.99 Å². The summed E-state index contributed by atoms with van der Waals surface area (Å²) < 4.78 is 0. The van der Waals surface area contributed by atoms with Crippen LogP contribution in [0.1, 0.15) is 22.3 Å². The van der Waals surface area contributed by atoms with Crippen LogP contribution in [0.5, 0.6) is 0 Å². The number of carbonyl (C=O) groups excluding carboxylic acids is 3. The minimum Gasteiger partial charge on any atom is -0.545 e. The molecule has 1 atom stereocenters. The van der Waals surface area contributed by atoms with Crippen molar-refractivity contribution >= 4 is 57.7 Å². The van der Waals surface area contributed by atoms with Crippen molar-refractivity contribution in [3.8, 4) is 0 Å². The van der Waals surface area contributed by atoms with Gasteiger partial charge in [0.25, 0.3) is 0 Å². The third-order valence-corrected chi connectivity index (χ3v) is 6.01. The molecular formula is C20H17ClN3O4S-. The first kappa shape index (κ1) is 20.9. The van der Waals surface area contributed by atoms with Crippen molar-refractivity contribution in [2.75, 3.05) is 12.4 Å². The Labute approximate surface area is 176 Å². The summed E-state index contributed by atoms with van der Waals surface area (Å²) in [7, 11) is 1.62. The van der Waals surface area contributed by atoms with E-state index in [1.165, 1.54) is 40.9 Å². The molecule has 2 aromatic carbocycles. The van der Waals surface area contributed by atoms with Crippen molar-refractivity contribution in [1.82, 2.24) is 4.90 Å². The normalized spacial score (nSPS) is 17.6. The molecule has 1 aliphatic heterocycles. The predicted molar refractivity (Wildman–Crippen MR) is 111 cm³/mol. The zero-order valence-electron chi connectivity index (χ0n) is 15.6. The fraction of sp³-hybridized carbons (Fsp3) is 0.200. The molecule has 0 aromatic heterocycles. The van der Waals surface area contributed by atoms with E-state index < -0.39 is 11.2 Å². The van der Waals surface area contributed by atoms with Crippen LogP contribution in [0.4, 0.5) is 11.4 Å². The van der Waals surface area contributed by atoms with Gasteiger partial charge in [-0.05, 0) is 42.3 Å². The van der Waals surface area contributed by atoms with E-state index in [-0.39, 0.29) is 23.8 Å². The minimum absolute atomic E-state index is 0.0170. The van der Waals surface area contributed by atoms with Crippen LogP contribution in [-0.2, 0) is 9.59 Å². The Morgan fingerprint density at radius 1 is 1.24 bits per heavy atom. The van der Waals surface area contributed by atoms with E-state index in [1.807, 2.05) is 13.0 Å². The highest BCUT2D eigenvalue weighted by Gasteiger charge is 2.37. The Kier molecular flexibility index (Phi) is 6.24. The summed E-state index contributed by atoms with van der Waals surface area (Å²) in [4.78, 5) is 41.6. The highest BCUT2D eigenvalue weighted by Crippen LogP contribution is 2.33. The molecule has 0 aliphatic carbocycles. The monoisotopic (exact) mass is 430 g/mol. The number of aromatic carboxylic acids is 1. The molecule has 0 bridgehead atoms. The number of carbonyl (C=O) groups is 3. The number of carboxylic acid groups (broad SMARTS) is 1. The maximum absolute atomic E-state index is 12.5. The van der Waals surface area contributed by atoms with Gasteiger partial charge < -0.3 is 15.2 Å². The molecule has 0 radical (unpaired) electrons. The van der Waals surface area contributed by atoms with Crippen molar-refractivity contribution < 1.29 is 19.5 Å². The highest BCUT2D eigenvalue weighted by atomic mass is 35.5. The number of halogens is 1. The van der Waals surface area contributed by atoms with Gasteiger partial charge in [0, 0.05) is 24.2 Å². The molecule has 1 saturated heterocycles. The summed E-state index contributed by atoms with van der Waals surface area (Å²) in [5.41, 5.74) is 1.93. The molecule has 150 valence electrons. The zero-order valence-corrected chi connectivity index (χ0v) is 17.2. The van der Waals surface area contributed by atoms with Gasteiger partial charge in [-0.3, -0.25) is 14.5 Å². The van der Waals surface area contributed by atoms with Crippen LogP contribution in [0.15, 0.2) is 47.5 Å². The minimum atomic E-state index is -1.29. The smallest absolute Gasteiger partial charge is 0.242 e. The number of nitrogens with zero attached hydrogens (tertiary/aromatic N) is 2. The topological polar surface area (TPSA) is 102 Å². The van der Waals surface area contributed by atoms with Crippen LogP contribution in [0.3, 0.4) is 0 Å². The molecule has 7 nitrogen and oxygen atoms in total. The molecule has 1 heterocycles. The van der Waals surface area contributed by atoms with Crippen molar-refractivity contribution in [3.05, 3.63) is 58.6 Å². The fourth-order valence-corrected chi connectivity index (χ4v) is 4.00. The molecular weight excluding hydrogens is 414 g/mol. The molecule has 1 aliphatic rings. The van der Waals surface area contributed by atoms with E-state index in [0.29, 0.717) is 21.6 Å². The van der Waals surface area contributed by atoms with E-state index in [0.717, 1.165) is 5.56 Å². The van der Waals surface area contributed by atoms with E-state index in [1.54, 1.807) is 19.2 Å². The Balaban J connectivity index is 1.67. The van der Waals surface area contributed by atoms with Crippen LogP contribution in [-0.4, -0.2) is 40.1 Å². The second-order valence-electron chi connectivity index (χ2n) is 6.40. The first-order valence-corrected chi connectivity index (χ1v) is 9.91. The highest BCUT2D eigenvalue weighted by molar-refractivity contribution is 8.15. The maximum Gasteiger partial charge on any atom is 0.242 e. The number of rotatable bonds is 5. The summed E-state index contributed by atoms with van der Waals surface area (Å²) in [6, 6.07) is 11.0. The summed E-state index contributed by atoms with van der Waals surface area (Å²) >= 11 is 7.34. The first-order chi connectivity index (χ1) is 13.8. The Bertz CT molecular complexity index is 1010. The van der Waals surface area contributed by atoms with Crippen LogP contribution in [0.2, 0.25) is 5.02 Å². The molecule has 2 amide bonds. The largest absolute Gasteiger partial charge is 0.545 e. The van der Waals surface area contributed by atoms with E-state index in [4.69, 9.17) is 11.6 Å². The van der Waals surface area contributed by atoms with Gasteiger partial charge >= 0.3 is 0 Å². The third-order valence-electron chi connectivity index (χ3n) is 4.37. The van der Waals surface area contributed by atoms with Crippen molar-refractivity contribution in [1.29, 1.82) is 0 Å². The Morgan fingerprint density at radius 2 is 1.93 bits per heavy atom. The van der Waals surface area contributed by atoms with Gasteiger partial charge in [-0.15, -0.1) is 0 Å². The number of nitrogens with one attached hydrogen (secondary N) is 1. The second kappa shape index (κ2) is 8.67. The summed E-state index contributed by atoms with van der Waals surface area (Å²) in [5.74, 6) is -1.86. The SMILES string of the molecule is Cc1c(Cl)cccc1N=C1S[C@H](CC(=O)Nc2ccc(C(=O)[O-])cc2)C(=O)N1C. The molecule has 1 N–H and O–H groups in total. The van der Waals surface area contributed by atoms with E-state index in [9.17, 15) is 19.5 Å². The van der Waals surface area contributed by atoms with Crippen LogP contribution in [0, 0.1) is 6.92 Å². The number of amidine groups is 1. The maximum atomic E-state index is 12.5. The number of hydrogen-bond acceptors (Lipinski definition) is 6. The van der Waals surface area contributed by atoms with E-state index in [2.05, 4.69) is 10.3 Å². The quantitative estimate of drug-likeness (QED) is 0.785. The first-order valence-electron chi connectivity index (χ1n) is 8.65. The molecule has 29 heavy (non-hydrogen) atoms. The van der Waals surface area contributed by atoms with Gasteiger partial charge in [0.2, 0.25) is 11.8 Å². The Hall–Kier alpha value is -2.84. The van der Waals surface area contributed by atoms with E-state index >= 15 is 0 Å².